The standard InChI is InChI=1S/C20H18BrN3O/c1-24-11-10-19-18(12-24)20(23-13-22-19)25-17-8-4-15(5-9-17)14-2-6-16(21)7-3-14/h2-9,13H,10-12H2,1H3. The molecule has 0 amide bonds. The van der Waals surface area contributed by atoms with Crippen LogP contribution in [0.15, 0.2) is 59.3 Å². The lowest BCUT2D eigenvalue weighted by molar-refractivity contribution is 0.300. The number of halogens is 1. The molecule has 0 saturated heterocycles. The maximum absolute atomic E-state index is 6.05. The monoisotopic (exact) mass is 395 g/mol. The molecule has 2 heterocycles. The van der Waals surface area contributed by atoms with Gasteiger partial charge >= 0.3 is 0 Å². The topological polar surface area (TPSA) is 38.2 Å². The summed E-state index contributed by atoms with van der Waals surface area (Å²) < 4.78 is 7.13. The van der Waals surface area contributed by atoms with E-state index in [4.69, 9.17) is 4.74 Å². The Hall–Kier alpha value is -2.24. The molecule has 25 heavy (non-hydrogen) atoms. The van der Waals surface area contributed by atoms with Crippen LogP contribution in [0.2, 0.25) is 0 Å². The average molecular weight is 396 g/mol. The molecule has 0 radical (unpaired) electrons. The van der Waals surface area contributed by atoms with Gasteiger partial charge in [-0.2, -0.15) is 0 Å². The van der Waals surface area contributed by atoms with Gasteiger partial charge in [-0.15, -0.1) is 0 Å². The maximum Gasteiger partial charge on any atom is 0.227 e. The first-order valence-electron chi connectivity index (χ1n) is 8.24. The number of hydrogen-bond acceptors (Lipinski definition) is 4. The van der Waals surface area contributed by atoms with Crippen LogP contribution < -0.4 is 4.74 Å². The third-order valence-corrected chi connectivity index (χ3v) is 4.93. The summed E-state index contributed by atoms with van der Waals surface area (Å²) in [6.45, 7) is 1.84. The van der Waals surface area contributed by atoms with Crippen molar-refractivity contribution in [1.82, 2.24) is 14.9 Å². The van der Waals surface area contributed by atoms with Crippen LogP contribution in [0, 0.1) is 0 Å². The Morgan fingerprint density at radius 3 is 2.36 bits per heavy atom. The van der Waals surface area contributed by atoms with Crippen molar-refractivity contribution in [2.45, 2.75) is 13.0 Å². The van der Waals surface area contributed by atoms with Crippen LogP contribution in [0.5, 0.6) is 11.6 Å². The maximum atomic E-state index is 6.05. The third-order valence-electron chi connectivity index (χ3n) is 4.40. The highest BCUT2D eigenvalue weighted by Gasteiger charge is 2.19. The predicted octanol–water partition coefficient (Wildman–Crippen LogP) is 4.69. The molecule has 0 saturated carbocycles. The molecule has 0 unspecified atom stereocenters. The summed E-state index contributed by atoms with van der Waals surface area (Å²) in [5.41, 5.74) is 4.52. The lowest BCUT2D eigenvalue weighted by atomic mass is 10.1. The average Bonchev–Trinajstić information content (AvgIpc) is 2.64. The van der Waals surface area contributed by atoms with E-state index in [9.17, 15) is 0 Å². The van der Waals surface area contributed by atoms with Gasteiger partial charge in [0.15, 0.2) is 0 Å². The normalized spacial score (nSPS) is 14.2. The Kier molecular flexibility index (Phi) is 4.51. The first-order chi connectivity index (χ1) is 12.2. The Bertz CT molecular complexity index is 878. The second-order valence-electron chi connectivity index (χ2n) is 6.23. The van der Waals surface area contributed by atoms with Gasteiger partial charge in [0.25, 0.3) is 0 Å². The summed E-state index contributed by atoms with van der Waals surface area (Å²) >= 11 is 3.47. The van der Waals surface area contributed by atoms with Crippen molar-refractivity contribution in [2.75, 3.05) is 13.6 Å². The Labute approximate surface area is 155 Å². The van der Waals surface area contributed by atoms with Crippen LogP contribution in [-0.4, -0.2) is 28.5 Å². The largest absolute Gasteiger partial charge is 0.439 e. The fourth-order valence-corrected chi connectivity index (χ4v) is 3.27. The summed E-state index contributed by atoms with van der Waals surface area (Å²) in [7, 11) is 2.10. The van der Waals surface area contributed by atoms with Crippen LogP contribution >= 0.6 is 15.9 Å². The molecule has 5 heteroatoms. The fourth-order valence-electron chi connectivity index (χ4n) is 3.01. The summed E-state index contributed by atoms with van der Waals surface area (Å²) in [6.07, 6.45) is 2.53. The first-order valence-corrected chi connectivity index (χ1v) is 9.03. The van der Waals surface area contributed by atoms with Crippen molar-refractivity contribution in [2.24, 2.45) is 0 Å². The number of fused-ring (bicyclic) bond motifs is 1. The van der Waals surface area contributed by atoms with Crippen molar-refractivity contribution in [3.63, 3.8) is 0 Å². The molecular weight excluding hydrogens is 378 g/mol. The molecule has 126 valence electrons. The van der Waals surface area contributed by atoms with Crippen LogP contribution in [0.25, 0.3) is 11.1 Å². The molecule has 4 nitrogen and oxygen atoms in total. The highest BCUT2D eigenvalue weighted by molar-refractivity contribution is 9.10. The van der Waals surface area contributed by atoms with Crippen LogP contribution in [0.3, 0.4) is 0 Å². The molecule has 0 atom stereocenters. The van der Waals surface area contributed by atoms with Crippen molar-refractivity contribution in [3.05, 3.63) is 70.6 Å². The van der Waals surface area contributed by atoms with E-state index >= 15 is 0 Å². The molecule has 0 spiro atoms. The molecule has 1 aliphatic heterocycles. The zero-order valence-electron chi connectivity index (χ0n) is 13.9. The van der Waals surface area contributed by atoms with E-state index < -0.39 is 0 Å². The minimum Gasteiger partial charge on any atom is -0.439 e. The van der Waals surface area contributed by atoms with Gasteiger partial charge in [-0.1, -0.05) is 40.2 Å². The summed E-state index contributed by atoms with van der Waals surface area (Å²) in [6, 6.07) is 16.4. The van der Waals surface area contributed by atoms with E-state index in [1.807, 2.05) is 24.3 Å². The number of rotatable bonds is 3. The molecule has 2 aromatic carbocycles. The van der Waals surface area contributed by atoms with E-state index in [1.54, 1.807) is 6.33 Å². The van der Waals surface area contributed by atoms with Crippen molar-refractivity contribution >= 4 is 15.9 Å². The zero-order valence-corrected chi connectivity index (χ0v) is 15.5. The van der Waals surface area contributed by atoms with Crippen molar-refractivity contribution in [3.8, 4) is 22.8 Å². The fraction of sp³-hybridized carbons (Fsp3) is 0.200. The summed E-state index contributed by atoms with van der Waals surface area (Å²) in [5.74, 6) is 1.45. The molecule has 3 aromatic rings. The van der Waals surface area contributed by atoms with Gasteiger partial charge < -0.3 is 9.64 Å². The molecule has 1 aliphatic rings. The highest BCUT2D eigenvalue weighted by atomic mass is 79.9. The van der Waals surface area contributed by atoms with Crippen LogP contribution in [-0.2, 0) is 13.0 Å². The minimum absolute atomic E-state index is 0.660. The second-order valence-corrected chi connectivity index (χ2v) is 7.14. The highest BCUT2D eigenvalue weighted by Crippen LogP contribution is 2.30. The molecule has 0 fully saturated rings. The molecule has 4 rings (SSSR count). The second kappa shape index (κ2) is 6.94. The Morgan fingerprint density at radius 2 is 1.64 bits per heavy atom. The van der Waals surface area contributed by atoms with Gasteiger partial charge in [-0.3, -0.25) is 0 Å². The molecule has 1 aromatic heterocycles. The van der Waals surface area contributed by atoms with Crippen LogP contribution in [0.1, 0.15) is 11.3 Å². The third kappa shape index (κ3) is 3.57. The summed E-state index contributed by atoms with van der Waals surface area (Å²) in [5, 5.41) is 0. The number of likely N-dealkylation sites (N-methyl/N-ethyl adjacent to an activating group) is 1. The Balaban J connectivity index is 1.57. The van der Waals surface area contributed by atoms with Gasteiger partial charge in [0.2, 0.25) is 5.88 Å². The SMILES string of the molecule is CN1CCc2ncnc(Oc3ccc(-c4ccc(Br)cc4)cc3)c2C1. The predicted molar refractivity (Wildman–Crippen MR) is 102 cm³/mol. The van der Waals surface area contributed by atoms with Crippen molar-refractivity contribution < 1.29 is 4.74 Å². The lowest BCUT2D eigenvalue weighted by Crippen LogP contribution is -2.27. The van der Waals surface area contributed by atoms with E-state index in [-0.39, 0.29) is 0 Å². The van der Waals surface area contributed by atoms with E-state index in [2.05, 4.69) is 62.1 Å². The first kappa shape index (κ1) is 16.2. The van der Waals surface area contributed by atoms with Gasteiger partial charge in [0, 0.05) is 24.0 Å². The number of aromatic nitrogens is 2. The van der Waals surface area contributed by atoms with Gasteiger partial charge in [-0.25, -0.2) is 9.97 Å². The lowest BCUT2D eigenvalue weighted by Gasteiger charge is -2.25. The van der Waals surface area contributed by atoms with Gasteiger partial charge in [0.05, 0.1) is 11.3 Å². The summed E-state index contributed by atoms with van der Waals surface area (Å²) in [4.78, 5) is 11.0. The molecule has 0 aliphatic carbocycles. The molecule has 0 bridgehead atoms. The van der Waals surface area contributed by atoms with Crippen LogP contribution in [0.4, 0.5) is 0 Å². The Morgan fingerprint density at radius 1 is 0.960 bits per heavy atom. The number of hydrogen-bond donors (Lipinski definition) is 0. The van der Waals surface area contributed by atoms with Crippen molar-refractivity contribution in [1.29, 1.82) is 0 Å². The zero-order chi connectivity index (χ0) is 17.2. The smallest absolute Gasteiger partial charge is 0.227 e. The number of benzene rings is 2. The minimum atomic E-state index is 0.660. The number of ether oxygens (including phenoxy) is 1. The van der Waals surface area contributed by atoms with E-state index in [0.29, 0.717) is 5.88 Å². The molecular formula is C20H18BrN3O. The van der Waals surface area contributed by atoms with E-state index in [0.717, 1.165) is 46.6 Å². The van der Waals surface area contributed by atoms with Gasteiger partial charge in [-0.05, 0) is 42.4 Å². The van der Waals surface area contributed by atoms with E-state index in [1.165, 1.54) is 5.56 Å². The number of nitrogens with zero attached hydrogens (tertiary/aromatic N) is 3. The quantitative estimate of drug-likeness (QED) is 0.644. The molecule has 0 N–H and O–H groups in total. The van der Waals surface area contributed by atoms with Gasteiger partial charge in [0.1, 0.15) is 12.1 Å².